The molecule has 0 aromatic carbocycles. The van der Waals surface area contributed by atoms with Gasteiger partial charge in [-0.15, -0.1) is 0 Å². The van der Waals surface area contributed by atoms with Crippen LogP contribution in [0.4, 0.5) is 0 Å². The van der Waals surface area contributed by atoms with Gasteiger partial charge >= 0.3 is 5.97 Å². The Hall–Kier alpha value is -0.610. The summed E-state index contributed by atoms with van der Waals surface area (Å²) in [4.78, 5) is 11.6. The molecule has 2 unspecified atom stereocenters. The van der Waals surface area contributed by atoms with E-state index >= 15 is 0 Å². The van der Waals surface area contributed by atoms with Crippen LogP contribution in [-0.4, -0.2) is 31.8 Å². The van der Waals surface area contributed by atoms with E-state index in [2.05, 4.69) is 13.8 Å². The SMILES string of the molecule is CCOCC(C)OC(=O)CCC(CCN)C(C)C. The number of hydrogen-bond donors (Lipinski definition) is 1. The van der Waals surface area contributed by atoms with Gasteiger partial charge < -0.3 is 15.2 Å². The predicted molar refractivity (Wildman–Crippen MR) is 73.3 cm³/mol. The fraction of sp³-hybridized carbons (Fsp3) is 0.929. The van der Waals surface area contributed by atoms with Gasteiger partial charge in [0.1, 0.15) is 6.10 Å². The molecular weight excluding hydrogens is 230 g/mol. The lowest BCUT2D eigenvalue weighted by molar-refractivity contribution is -0.151. The number of hydrogen-bond acceptors (Lipinski definition) is 4. The quantitative estimate of drug-likeness (QED) is 0.612. The van der Waals surface area contributed by atoms with E-state index in [0.717, 1.165) is 12.8 Å². The highest BCUT2D eigenvalue weighted by Gasteiger charge is 2.16. The smallest absolute Gasteiger partial charge is 0.306 e. The van der Waals surface area contributed by atoms with Gasteiger partial charge in [-0.1, -0.05) is 13.8 Å². The van der Waals surface area contributed by atoms with Crippen molar-refractivity contribution in [2.75, 3.05) is 19.8 Å². The van der Waals surface area contributed by atoms with Gasteiger partial charge in [0.15, 0.2) is 0 Å². The number of esters is 1. The summed E-state index contributed by atoms with van der Waals surface area (Å²) < 4.78 is 10.5. The van der Waals surface area contributed by atoms with E-state index < -0.39 is 0 Å². The van der Waals surface area contributed by atoms with E-state index in [0.29, 0.717) is 38.0 Å². The summed E-state index contributed by atoms with van der Waals surface area (Å²) >= 11 is 0. The highest BCUT2D eigenvalue weighted by atomic mass is 16.6. The molecule has 0 bridgehead atoms. The number of nitrogens with two attached hydrogens (primary N) is 1. The molecule has 2 atom stereocenters. The Kier molecular flexibility index (Phi) is 9.98. The summed E-state index contributed by atoms with van der Waals surface area (Å²) in [5.74, 6) is 0.928. The van der Waals surface area contributed by atoms with Crippen LogP contribution in [0.1, 0.15) is 47.0 Å². The van der Waals surface area contributed by atoms with Crippen LogP contribution in [0.25, 0.3) is 0 Å². The minimum Gasteiger partial charge on any atom is -0.460 e. The van der Waals surface area contributed by atoms with Crippen molar-refractivity contribution in [1.82, 2.24) is 0 Å². The second kappa shape index (κ2) is 10.3. The number of carbonyl (C=O) groups excluding carboxylic acids is 1. The number of rotatable bonds is 10. The maximum Gasteiger partial charge on any atom is 0.306 e. The van der Waals surface area contributed by atoms with Crippen LogP contribution >= 0.6 is 0 Å². The molecule has 4 heteroatoms. The molecule has 0 rings (SSSR count). The van der Waals surface area contributed by atoms with Gasteiger partial charge in [0.25, 0.3) is 0 Å². The zero-order valence-corrected chi connectivity index (χ0v) is 12.3. The lowest BCUT2D eigenvalue weighted by Gasteiger charge is -2.20. The molecule has 0 amide bonds. The molecule has 0 spiro atoms. The first-order chi connectivity index (χ1) is 8.51. The maximum atomic E-state index is 11.6. The second-order valence-corrected chi connectivity index (χ2v) is 5.08. The standard InChI is InChI=1S/C14H29NO3/c1-5-17-10-12(4)18-14(16)7-6-13(8-9-15)11(2)3/h11-13H,5-10,15H2,1-4H3. The molecule has 0 aliphatic carbocycles. The first kappa shape index (κ1) is 17.4. The molecule has 0 aliphatic heterocycles. The summed E-state index contributed by atoms with van der Waals surface area (Å²) in [5, 5.41) is 0. The largest absolute Gasteiger partial charge is 0.460 e. The lowest BCUT2D eigenvalue weighted by atomic mass is 9.88. The van der Waals surface area contributed by atoms with Crippen LogP contribution in [0.3, 0.4) is 0 Å². The minimum absolute atomic E-state index is 0.134. The third kappa shape index (κ3) is 8.48. The minimum atomic E-state index is -0.163. The molecule has 108 valence electrons. The lowest BCUT2D eigenvalue weighted by Crippen LogP contribution is -2.22. The highest BCUT2D eigenvalue weighted by Crippen LogP contribution is 2.20. The summed E-state index contributed by atoms with van der Waals surface area (Å²) in [5.41, 5.74) is 5.58. The van der Waals surface area contributed by atoms with Crippen LogP contribution in [0.5, 0.6) is 0 Å². The normalized spacial score (nSPS) is 14.6. The van der Waals surface area contributed by atoms with Crippen LogP contribution in [-0.2, 0) is 14.3 Å². The average molecular weight is 259 g/mol. The summed E-state index contributed by atoms with van der Waals surface area (Å²) in [6, 6.07) is 0. The van der Waals surface area contributed by atoms with Crippen molar-refractivity contribution in [3.63, 3.8) is 0 Å². The van der Waals surface area contributed by atoms with E-state index in [-0.39, 0.29) is 12.1 Å². The number of carbonyl (C=O) groups is 1. The zero-order valence-electron chi connectivity index (χ0n) is 12.3. The van der Waals surface area contributed by atoms with Crippen molar-refractivity contribution in [3.05, 3.63) is 0 Å². The molecule has 0 aromatic heterocycles. The highest BCUT2D eigenvalue weighted by molar-refractivity contribution is 5.69. The van der Waals surface area contributed by atoms with Crippen molar-refractivity contribution in [2.45, 2.75) is 53.1 Å². The second-order valence-electron chi connectivity index (χ2n) is 5.08. The van der Waals surface area contributed by atoms with Crippen molar-refractivity contribution >= 4 is 5.97 Å². The molecule has 18 heavy (non-hydrogen) atoms. The topological polar surface area (TPSA) is 61.5 Å². The fourth-order valence-electron chi connectivity index (χ4n) is 1.93. The third-order valence-electron chi connectivity index (χ3n) is 3.09. The first-order valence-electron chi connectivity index (χ1n) is 6.98. The van der Waals surface area contributed by atoms with Crippen LogP contribution in [0, 0.1) is 11.8 Å². The molecule has 0 fully saturated rings. The van der Waals surface area contributed by atoms with E-state index in [9.17, 15) is 4.79 Å². The predicted octanol–water partition coefficient (Wildman–Crippen LogP) is 2.36. The monoisotopic (exact) mass is 259 g/mol. The van der Waals surface area contributed by atoms with Crippen LogP contribution in [0.15, 0.2) is 0 Å². The van der Waals surface area contributed by atoms with Crippen LogP contribution < -0.4 is 5.73 Å². The average Bonchev–Trinajstić information content (AvgIpc) is 2.31. The van der Waals surface area contributed by atoms with Gasteiger partial charge in [-0.3, -0.25) is 4.79 Å². The summed E-state index contributed by atoms with van der Waals surface area (Å²) in [6.07, 6.45) is 2.14. The fourth-order valence-corrected chi connectivity index (χ4v) is 1.93. The Bertz CT molecular complexity index is 219. The molecule has 0 saturated carbocycles. The Balaban J connectivity index is 3.86. The molecule has 4 nitrogen and oxygen atoms in total. The molecule has 0 saturated heterocycles. The number of ether oxygens (including phenoxy) is 2. The van der Waals surface area contributed by atoms with Gasteiger partial charge in [-0.2, -0.15) is 0 Å². The molecular formula is C14H29NO3. The van der Waals surface area contributed by atoms with Gasteiger partial charge in [0.05, 0.1) is 6.61 Å². The van der Waals surface area contributed by atoms with Crippen molar-refractivity contribution in [1.29, 1.82) is 0 Å². The molecule has 2 N–H and O–H groups in total. The van der Waals surface area contributed by atoms with E-state index in [4.69, 9.17) is 15.2 Å². The van der Waals surface area contributed by atoms with Gasteiger partial charge in [-0.05, 0) is 45.1 Å². The van der Waals surface area contributed by atoms with E-state index in [1.54, 1.807) is 0 Å². The summed E-state index contributed by atoms with van der Waals surface area (Å²) in [7, 11) is 0. The van der Waals surface area contributed by atoms with Crippen molar-refractivity contribution in [2.24, 2.45) is 17.6 Å². The molecule has 0 radical (unpaired) electrons. The molecule has 0 aliphatic rings. The Morgan fingerprint density at radius 1 is 1.22 bits per heavy atom. The third-order valence-corrected chi connectivity index (χ3v) is 3.09. The maximum absolute atomic E-state index is 11.6. The van der Waals surface area contributed by atoms with Gasteiger partial charge in [0.2, 0.25) is 0 Å². The Morgan fingerprint density at radius 3 is 2.39 bits per heavy atom. The molecule has 0 heterocycles. The van der Waals surface area contributed by atoms with Crippen LogP contribution in [0.2, 0.25) is 0 Å². The van der Waals surface area contributed by atoms with E-state index in [1.165, 1.54) is 0 Å². The summed E-state index contributed by atoms with van der Waals surface area (Å²) in [6.45, 7) is 9.92. The Labute approximate surface area is 111 Å². The zero-order chi connectivity index (χ0) is 14.0. The van der Waals surface area contributed by atoms with Crippen molar-refractivity contribution < 1.29 is 14.3 Å². The Morgan fingerprint density at radius 2 is 1.89 bits per heavy atom. The van der Waals surface area contributed by atoms with Gasteiger partial charge in [0, 0.05) is 13.0 Å². The van der Waals surface area contributed by atoms with Gasteiger partial charge in [-0.25, -0.2) is 0 Å². The first-order valence-corrected chi connectivity index (χ1v) is 6.98. The molecule has 0 aromatic rings. The van der Waals surface area contributed by atoms with E-state index in [1.807, 2.05) is 13.8 Å². The van der Waals surface area contributed by atoms with Crippen molar-refractivity contribution in [3.8, 4) is 0 Å².